The summed E-state index contributed by atoms with van der Waals surface area (Å²) in [4.78, 5) is 2.59. The average molecular weight is 945 g/mol. The van der Waals surface area contributed by atoms with Gasteiger partial charge in [-0.25, -0.2) is 0 Å². The summed E-state index contributed by atoms with van der Waals surface area (Å²) >= 11 is 0. The maximum Gasteiger partial charge on any atom is 0.0714 e. The molecular weight excluding hydrogens is 893 g/mol. The number of aromatic nitrogens is 1. The number of nitrogens with zero attached hydrogens (tertiary/aromatic N) is 2. The topological polar surface area (TPSA) is 8.17 Å². The Balaban J connectivity index is 1.02. The third-order valence-electron chi connectivity index (χ3n) is 15.8. The molecule has 2 nitrogen and oxygen atoms in total. The van der Waals surface area contributed by atoms with Gasteiger partial charge in [0.15, 0.2) is 0 Å². The molecule has 1 unspecified atom stereocenters. The summed E-state index contributed by atoms with van der Waals surface area (Å²) in [6.07, 6.45) is 5.96. The molecule has 1 aromatic heterocycles. The summed E-state index contributed by atoms with van der Waals surface area (Å²) in [5.74, 6) is 0.335. The maximum absolute atomic E-state index is 2.59. The van der Waals surface area contributed by atoms with Gasteiger partial charge in [0, 0.05) is 39.0 Å². The van der Waals surface area contributed by atoms with Crippen LogP contribution in [0.25, 0.3) is 77.2 Å². The Morgan fingerprint density at radius 1 is 0.432 bits per heavy atom. The normalized spacial score (nSPS) is 14.6. The molecule has 2 aliphatic carbocycles. The molecule has 0 aliphatic heterocycles. The first-order chi connectivity index (χ1) is 36.7. The lowest BCUT2D eigenvalue weighted by Gasteiger charge is -2.36. The molecule has 0 amide bonds. The molecule has 0 spiro atoms. The van der Waals surface area contributed by atoms with Crippen LogP contribution in [0.4, 0.5) is 11.4 Å². The highest BCUT2D eigenvalue weighted by Crippen LogP contribution is 2.60. The van der Waals surface area contributed by atoms with Crippen LogP contribution in [-0.2, 0) is 5.41 Å². The van der Waals surface area contributed by atoms with Crippen LogP contribution < -0.4 is 4.90 Å². The minimum atomic E-state index is -0.550. The summed E-state index contributed by atoms with van der Waals surface area (Å²) in [5.41, 5.74) is 21.3. The van der Waals surface area contributed by atoms with Crippen molar-refractivity contribution in [3.05, 3.63) is 313 Å². The Morgan fingerprint density at radius 2 is 0.973 bits per heavy atom. The second-order valence-electron chi connectivity index (χ2n) is 20.0. The summed E-state index contributed by atoms with van der Waals surface area (Å²) in [6, 6.07) is 98.8. The first-order valence-corrected chi connectivity index (χ1v) is 26.0. The fraction of sp³-hybridized carbons (Fsp3) is 0.0556. The molecule has 12 aromatic rings. The SMILES string of the molecule is CC1C=C(c2cccc3cccc(-c4ccccc4)c23)C(N(c2ccc(-c3cccc4c3c3ccccc3n4-c3ccccc3)cc2)c2cccc3c2-c2ccccc2C3(c2ccccc2)c2ccccc2)=CC1. The summed E-state index contributed by atoms with van der Waals surface area (Å²) < 4.78 is 2.41. The van der Waals surface area contributed by atoms with Gasteiger partial charge in [-0.15, -0.1) is 0 Å². The van der Waals surface area contributed by atoms with Gasteiger partial charge in [-0.05, 0) is 121 Å². The zero-order chi connectivity index (χ0) is 49.2. The van der Waals surface area contributed by atoms with Crippen LogP contribution in [0.1, 0.15) is 41.2 Å². The third-order valence-corrected chi connectivity index (χ3v) is 15.8. The van der Waals surface area contributed by atoms with Crippen LogP contribution in [-0.4, -0.2) is 4.57 Å². The number of hydrogen-bond donors (Lipinski definition) is 0. The maximum atomic E-state index is 2.59. The average Bonchev–Trinajstić information content (AvgIpc) is 4.06. The molecule has 2 heteroatoms. The number of hydrogen-bond acceptors (Lipinski definition) is 1. The highest BCUT2D eigenvalue weighted by atomic mass is 15.2. The van der Waals surface area contributed by atoms with Crippen molar-refractivity contribution < 1.29 is 0 Å². The largest absolute Gasteiger partial charge is 0.310 e. The zero-order valence-corrected chi connectivity index (χ0v) is 41.2. The van der Waals surface area contributed by atoms with Gasteiger partial charge in [0.1, 0.15) is 0 Å². The van der Waals surface area contributed by atoms with Crippen LogP contribution >= 0.6 is 0 Å². The smallest absolute Gasteiger partial charge is 0.0714 e. The molecule has 350 valence electrons. The van der Waals surface area contributed by atoms with E-state index in [1.165, 1.54) is 105 Å². The van der Waals surface area contributed by atoms with E-state index in [0.717, 1.165) is 23.5 Å². The minimum Gasteiger partial charge on any atom is -0.310 e. The van der Waals surface area contributed by atoms with Gasteiger partial charge in [-0.1, -0.05) is 244 Å². The molecule has 0 saturated carbocycles. The lowest BCUT2D eigenvalue weighted by molar-refractivity contribution is 0.732. The molecule has 1 heterocycles. The van der Waals surface area contributed by atoms with Gasteiger partial charge in [0.05, 0.1) is 22.1 Å². The molecule has 0 saturated heterocycles. The first-order valence-electron chi connectivity index (χ1n) is 26.0. The zero-order valence-electron chi connectivity index (χ0n) is 41.2. The number of rotatable bonds is 9. The molecule has 2 aliphatic rings. The molecule has 11 aromatic carbocycles. The summed E-state index contributed by atoms with van der Waals surface area (Å²) in [5, 5.41) is 4.99. The Bertz CT molecular complexity index is 4100. The van der Waals surface area contributed by atoms with Crippen molar-refractivity contribution in [2.45, 2.75) is 18.8 Å². The number of anilines is 2. The predicted octanol–water partition coefficient (Wildman–Crippen LogP) is 18.8. The van der Waals surface area contributed by atoms with E-state index in [2.05, 4.69) is 295 Å². The number of fused-ring (bicyclic) bond motifs is 7. The van der Waals surface area contributed by atoms with Crippen LogP contribution in [0.15, 0.2) is 285 Å². The van der Waals surface area contributed by atoms with Crippen molar-refractivity contribution in [1.29, 1.82) is 0 Å². The van der Waals surface area contributed by atoms with E-state index in [1.54, 1.807) is 0 Å². The number of allylic oxidation sites excluding steroid dienone is 3. The van der Waals surface area contributed by atoms with E-state index >= 15 is 0 Å². The van der Waals surface area contributed by atoms with Crippen molar-refractivity contribution in [2.24, 2.45) is 5.92 Å². The first kappa shape index (κ1) is 43.5. The predicted molar refractivity (Wildman–Crippen MR) is 311 cm³/mol. The quantitative estimate of drug-likeness (QED) is 0.140. The van der Waals surface area contributed by atoms with Crippen LogP contribution in [0.5, 0.6) is 0 Å². The summed E-state index contributed by atoms with van der Waals surface area (Å²) in [7, 11) is 0. The van der Waals surface area contributed by atoms with Gasteiger partial charge in [-0.2, -0.15) is 0 Å². The van der Waals surface area contributed by atoms with Crippen LogP contribution in [0.3, 0.4) is 0 Å². The van der Waals surface area contributed by atoms with Gasteiger partial charge < -0.3 is 9.47 Å². The van der Waals surface area contributed by atoms with Crippen LogP contribution in [0, 0.1) is 5.92 Å². The Labute approximate surface area is 433 Å². The molecular formula is C72H52N2. The van der Waals surface area contributed by atoms with E-state index < -0.39 is 5.41 Å². The Kier molecular flexibility index (Phi) is 10.5. The van der Waals surface area contributed by atoms with Gasteiger partial charge in [0.2, 0.25) is 0 Å². The lowest BCUT2D eigenvalue weighted by atomic mass is 9.68. The molecule has 0 fully saturated rings. The van der Waals surface area contributed by atoms with Crippen molar-refractivity contribution in [1.82, 2.24) is 4.57 Å². The highest BCUT2D eigenvalue weighted by molar-refractivity contribution is 6.16. The van der Waals surface area contributed by atoms with Crippen LogP contribution in [0.2, 0.25) is 0 Å². The van der Waals surface area contributed by atoms with Crippen molar-refractivity contribution in [2.75, 3.05) is 4.90 Å². The Hall–Kier alpha value is -9.24. The molecule has 0 radical (unpaired) electrons. The van der Waals surface area contributed by atoms with E-state index in [4.69, 9.17) is 0 Å². The van der Waals surface area contributed by atoms with Crippen molar-refractivity contribution >= 4 is 49.5 Å². The number of benzene rings is 11. The van der Waals surface area contributed by atoms with Gasteiger partial charge in [-0.3, -0.25) is 0 Å². The minimum absolute atomic E-state index is 0.335. The Morgan fingerprint density at radius 3 is 1.70 bits per heavy atom. The standard InChI is InChI=1S/C72H52N2/c1-49-42-47-66(62(48-49)59-36-19-25-52-24-18-34-57(69(52)59)50-22-6-2-7-23-50)74(56-45-43-51(44-46-56)58-35-20-40-67-70(58)61-33-15-17-39-65(61)73(67)55-30-12-5-13-31-55)68-41-21-38-64-71(68)60-32-14-16-37-63(60)72(64,53-26-8-3-9-27-53)54-28-10-4-11-29-54/h2-41,43-49H,42H2,1H3. The molecule has 0 N–H and O–H groups in total. The fourth-order valence-electron chi connectivity index (χ4n) is 12.7. The van der Waals surface area contributed by atoms with E-state index in [1.807, 2.05) is 0 Å². The van der Waals surface area contributed by atoms with Gasteiger partial charge >= 0.3 is 0 Å². The molecule has 14 rings (SSSR count). The highest BCUT2D eigenvalue weighted by Gasteiger charge is 2.47. The second-order valence-corrected chi connectivity index (χ2v) is 20.0. The number of para-hydroxylation sites is 2. The van der Waals surface area contributed by atoms with E-state index in [-0.39, 0.29) is 0 Å². The molecule has 74 heavy (non-hydrogen) atoms. The second kappa shape index (κ2) is 17.8. The van der Waals surface area contributed by atoms with Crippen molar-refractivity contribution in [3.8, 4) is 39.1 Å². The van der Waals surface area contributed by atoms with E-state index in [0.29, 0.717) is 5.92 Å². The summed E-state index contributed by atoms with van der Waals surface area (Å²) in [6.45, 7) is 2.36. The third kappa shape index (κ3) is 6.79. The fourth-order valence-corrected chi connectivity index (χ4v) is 12.7. The lowest BCUT2D eigenvalue weighted by Crippen LogP contribution is -2.28. The van der Waals surface area contributed by atoms with Crippen molar-refractivity contribution in [3.63, 3.8) is 0 Å². The monoisotopic (exact) mass is 944 g/mol. The van der Waals surface area contributed by atoms with Gasteiger partial charge in [0.25, 0.3) is 0 Å². The van der Waals surface area contributed by atoms with E-state index in [9.17, 15) is 0 Å². The molecule has 0 bridgehead atoms. The molecule has 1 atom stereocenters.